The molecule has 9 heteroatoms. The number of aryl methyl sites for hydroxylation is 1. The minimum Gasteiger partial charge on any atom is -0.478 e. The number of carboxylic acids is 1. The van der Waals surface area contributed by atoms with E-state index in [9.17, 15) is 14.7 Å². The first kappa shape index (κ1) is 22.5. The molecule has 2 atom stereocenters. The highest BCUT2D eigenvalue weighted by Gasteiger charge is 2.42. The number of aromatic nitrogens is 2. The van der Waals surface area contributed by atoms with Crippen LogP contribution >= 0.6 is 38.6 Å². The molecule has 2 aliphatic rings. The lowest BCUT2D eigenvalue weighted by Gasteiger charge is -2.35. The Labute approximate surface area is 218 Å². The Morgan fingerprint density at radius 3 is 2.69 bits per heavy atom. The highest BCUT2D eigenvalue weighted by atomic mass is 79.9. The summed E-state index contributed by atoms with van der Waals surface area (Å²) in [4.78, 5) is 27.9. The molecule has 4 aromatic rings. The van der Waals surface area contributed by atoms with Gasteiger partial charge in [0, 0.05) is 38.9 Å². The van der Waals surface area contributed by atoms with Crippen molar-refractivity contribution in [2.24, 2.45) is 0 Å². The van der Waals surface area contributed by atoms with Crippen molar-refractivity contribution in [3.05, 3.63) is 95.5 Å². The number of ketones is 1. The monoisotopic (exact) mass is 565 g/mol. The minimum atomic E-state index is -1.01. The first-order valence-electron chi connectivity index (χ1n) is 11.2. The molecular weight excluding hydrogens is 546 g/mol. The molecule has 3 aromatic heterocycles. The maximum atomic E-state index is 13.7. The van der Waals surface area contributed by atoms with Crippen molar-refractivity contribution < 1.29 is 14.7 Å². The SMILES string of the molecule is Cc1nn(-c2ccccc2C(=O)O)c2c1[C@H](c1ccc(Br)s1)C1=C(C[C@@H](c3cccs3)CC1=O)N2. The zero-order valence-electron chi connectivity index (χ0n) is 18.6. The van der Waals surface area contributed by atoms with E-state index in [-0.39, 0.29) is 23.2 Å². The fourth-order valence-electron chi connectivity index (χ4n) is 5.18. The molecule has 0 spiro atoms. The number of benzene rings is 1. The van der Waals surface area contributed by atoms with Gasteiger partial charge in [0.1, 0.15) is 5.82 Å². The molecule has 0 unspecified atom stereocenters. The lowest BCUT2D eigenvalue weighted by molar-refractivity contribution is -0.116. The highest BCUT2D eigenvalue weighted by molar-refractivity contribution is 9.11. The number of hydrogen-bond acceptors (Lipinski definition) is 6. The Morgan fingerprint density at radius 1 is 1.14 bits per heavy atom. The number of Topliss-reactive ketones (excluding diaryl/α,β-unsaturated/α-hetero) is 1. The first-order chi connectivity index (χ1) is 16.9. The third-order valence-electron chi connectivity index (χ3n) is 6.65. The number of nitrogens with zero attached hydrogens (tertiary/aromatic N) is 2. The second kappa shape index (κ2) is 8.58. The predicted octanol–water partition coefficient (Wildman–Crippen LogP) is 6.72. The number of hydrogen-bond donors (Lipinski definition) is 2. The van der Waals surface area contributed by atoms with E-state index in [1.54, 1.807) is 45.6 Å². The van der Waals surface area contributed by atoms with Gasteiger partial charge < -0.3 is 10.4 Å². The molecule has 0 bridgehead atoms. The average molecular weight is 567 g/mol. The fourth-order valence-corrected chi connectivity index (χ4v) is 7.56. The molecule has 6 nitrogen and oxygen atoms in total. The molecule has 1 aliphatic heterocycles. The number of allylic oxidation sites excluding steroid dienone is 2. The van der Waals surface area contributed by atoms with E-state index in [0.29, 0.717) is 12.1 Å². The highest BCUT2D eigenvalue weighted by Crippen LogP contribution is 2.51. The molecule has 0 amide bonds. The van der Waals surface area contributed by atoms with Crippen LogP contribution in [0.25, 0.3) is 5.69 Å². The fraction of sp³-hybridized carbons (Fsp3) is 0.192. The summed E-state index contributed by atoms with van der Waals surface area (Å²) in [5.41, 5.74) is 4.04. The van der Waals surface area contributed by atoms with Gasteiger partial charge in [-0.3, -0.25) is 4.79 Å². The molecule has 0 radical (unpaired) electrons. The average Bonchev–Trinajstić information content (AvgIpc) is 3.59. The quantitative estimate of drug-likeness (QED) is 0.287. The molecule has 35 heavy (non-hydrogen) atoms. The molecule has 1 aromatic carbocycles. The van der Waals surface area contributed by atoms with Gasteiger partial charge in [-0.15, -0.1) is 22.7 Å². The first-order valence-corrected chi connectivity index (χ1v) is 13.7. The van der Waals surface area contributed by atoms with E-state index in [2.05, 4.69) is 33.4 Å². The van der Waals surface area contributed by atoms with E-state index in [1.165, 1.54) is 4.88 Å². The molecule has 6 rings (SSSR count). The Kier molecular flexibility index (Phi) is 5.51. The van der Waals surface area contributed by atoms with Crippen molar-refractivity contribution in [3.63, 3.8) is 0 Å². The zero-order chi connectivity index (χ0) is 24.3. The van der Waals surface area contributed by atoms with Crippen LogP contribution in [0.3, 0.4) is 0 Å². The van der Waals surface area contributed by atoms with Crippen LogP contribution in [-0.2, 0) is 4.79 Å². The summed E-state index contributed by atoms with van der Waals surface area (Å²) in [5, 5.41) is 20.2. The van der Waals surface area contributed by atoms with Gasteiger partial charge in [-0.1, -0.05) is 18.2 Å². The number of nitrogens with one attached hydrogen (secondary N) is 1. The molecule has 2 N–H and O–H groups in total. The summed E-state index contributed by atoms with van der Waals surface area (Å²) < 4.78 is 2.68. The van der Waals surface area contributed by atoms with Crippen LogP contribution in [0, 0.1) is 6.92 Å². The Hall–Kier alpha value is -3.01. The summed E-state index contributed by atoms with van der Waals surface area (Å²) in [6.07, 6.45) is 1.20. The molecule has 0 saturated heterocycles. The number of carbonyl (C=O) groups is 2. The van der Waals surface area contributed by atoms with Crippen LogP contribution in [0.15, 0.2) is 69.0 Å². The van der Waals surface area contributed by atoms with Gasteiger partial charge >= 0.3 is 5.97 Å². The predicted molar refractivity (Wildman–Crippen MR) is 141 cm³/mol. The summed E-state index contributed by atoms with van der Waals surface area (Å²) in [7, 11) is 0. The second-order valence-corrected chi connectivity index (χ2v) is 12.2. The Morgan fingerprint density at radius 2 is 1.97 bits per heavy atom. The molecule has 0 saturated carbocycles. The number of para-hydroxylation sites is 1. The van der Waals surface area contributed by atoms with E-state index in [4.69, 9.17) is 5.10 Å². The standard InChI is InChI=1S/C26H20BrN3O3S2/c1-13-22-24(20-8-9-21(27)35-20)23-16(11-14(12-18(23)31)19-7-4-10-34-19)28-25(22)30(29-13)17-6-3-2-5-15(17)26(32)33/h2-10,14,24,28H,11-12H2,1H3,(H,32,33)/t14-,24+/m1/s1. The third kappa shape index (κ3) is 3.69. The van der Waals surface area contributed by atoms with Gasteiger partial charge in [0.15, 0.2) is 5.78 Å². The van der Waals surface area contributed by atoms with Crippen LogP contribution < -0.4 is 5.32 Å². The number of anilines is 1. The topological polar surface area (TPSA) is 84.2 Å². The number of thiophene rings is 2. The van der Waals surface area contributed by atoms with Gasteiger partial charge in [-0.2, -0.15) is 5.10 Å². The number of halogens is 1. The van der Waals surface area contributed by atoms with E-state index >= 15 is 0 Å². The van der Waals surface area contributed by atoms with Crippen molar-refractivity contribution in [3.8, 4) is 5.69 Å². The van der Waals surface area contributed by atoms with Gasteiger partial charge in [0.2, 0.25) is 0 Å². The number of rotatable bonds is 4. The number of carbonyl (C=O) groups excluding carboxylic acids is 1. The zero-order valence-corrected chi connectivity index (χ0v) is 21.8. The number of aromatic carboxylic acids is 1. The molecular formula is C26H20BrN3O3S2. The largest absolute Gasteiger partial charge is 0.478 e. The lowest BCUT2D eigenvalue weighted by atomic mass is 9.75. The molecule has 176 valence electrons. The van der Waals surface area contributed by atoms with E-state index in [1.807, 2.05) is 30.5 Å². The molecule has 0 fully saturated rings. The summed E-state index contributed by atoms with van der Waals surface area (Å²) in [5.74, 6) is -0.267. The van der Waals surface area contributed by atoms with Gasteiger partial charge in [-0.25, -0.2) is 9.48 Å². The minimum absolute atomic E-state index is 0.120. The lowest BCUT2D eigenvalue weighted by Crippen LogP contribution is -2.30. The van der Waals surface area contributed by atoms with Crippen molar-refractivity contribution in [2.45, 2.75) is 31.6 Å². The van der Waals surface area contributed by atoms with Crippen LogP contribution in [-0.4, -0.2) is 26.6 Å². The smallest absolute Gasteiger partial charge is 0.337 e. The molecule has 1 aliphatic carbocycles. The normalized spacial score (nSPS) is 19.3. The van der Waals surface area contributed by atoms with E-state index in [0.717, 1.165) is 43.4 Å². The maximum absolute atomic E-state index is 13.7. The van der Waals surface area contributed by atoms with Crippen LogP contribution in [0.1, 0.15) is 56.0 Å². The van der Waals surface area contributed by atoms with Gasteiger partial charge in [-0.05, 0) is 65.0 Å². The summed E-state index contributed by atoms with van der Waals surface area (Å²) in [6, 6.07) is 15.0. The Balaban J connectivity index is 1.56. The Bertz CT molecular complexity index is 1520. The van der Waals surface area contributed by atoms with Gasteiger partial charge in [0.05, 0.1) is 26.6 Å². The number of fused-ring (bicyclic) bond motifs is 1. The van der Waals surface area contributed by atoms with Crippen LogP contribution in [0.2, 0.25) is 0 Å². The van der Waals surface area contributed by atoms with E-state index < -0.39 is 5.97 Å². The summed E-state index contributed by atoms with van der Waals surface area (Å²) >= 11 is 6.87. The van der Waals surface area contributed by atoms with Crippen molar-refractivity contribution in [1.29, 1.82) is 0 Å². The third-order valence-corrected chi connectivity index (χ3v) is 9.37. The number of carboxylic acid groups (broad SMARTS) is 1. The van der Waals surface area contributed by atoms with Crippen molar-refractivity contribution in [2.75, 3.05) is 5.32 Å². The summed E-state index contributed by atoms with van der Waals surface area (Å²) in [6.45, 7) is 1.92. The second-order valence-electron chi connectivity index (χ2n) is 8.72. The van der Waals surface area contributed by atoms with Crippen LogP contribution in [0.4, 0.5) is 5.82 Å². The molecule has 4 heterocycles. The van der Waals surface area contributed by atoms with Crippen molar-refractivity contribution >= 4 is 56.2 Å². The van der Waals surface area contributed by atoms with Crippen molar-refractivity contribution in [1.82, 2.24) is 9.78 Å². The van der Waals surface area contributed by atoms with Crippen LogP contribution in [0.5, 0.6) is 0 Å². The maximum Gasteiger partial charge on any atom is 0.337 e. The van der Waals surface area contributed by atoms with Gasteiger partial charge in [0.25, 0.3) is 0 Å².